The molecule has 1 unspecified atom stereocenters. The van der Waals surface area contributed by atoms with Gasteiger partial charge < -0.3 is 10.6 Å². The molecular weight excluding hydrogens is 236 g/mol. The first-order valence-corrected chi connectivity index (χ1v) is 5.00. The Morgan fingerprint density at radius 2 is 1.88 bits per heavy atom. The summed E-state index contributed by atoms with van der Waals surface area (Å²) in [5, 5.41) is 0. The second-order valence-corrected chi connectivity index (χ2v) is 4.03. The van der Waals surface area contributed by atoms with E-state index in [4.69, 9.17) is 5.73 Å². The number of halogens is 4. The summed E-state index contributed by atoms with van der Waals surface area (Å²) >= 11 is 0. The number of alkyl halides is 3. The van der Waals surface area contributed by atoms with E-state index in [1.807, 2.05) is 0 Å². The predicted molar refractivity (Wildman–Crippen MR) is 58.5 cm³/mol. The first-order valence-electron chi connectivity index (χ1n) is 5.00. The van der Waals surface area contributed by atoms with Crippen molar-refractivity contribution in [2.24, 2.45) is 5.73 Å². The molecule has 17 heavy (non-hydrogen) atoms. The monoisotopic (exact) mass is 250 g/mol. The number of hydrogen-bond donors (Lipinski definition) is 1. The number of nitrogens with two attached hydrogens (primary N) is 1. The largest absolute Gasteiger partial charge is 0.403 e. The highest BCUT2D eigenvalue weighted by Crippen LogP contribution is 2.23. The van der Waals surface area contributed by atoms with Gasteiger partial charge in [0.05, 0.1) is 5.69 Å². The zero-order valence-electron chi connectivity index (χ0n) is 9.55. The molecular formula is C11H14F4N2. The molecule has 0 heterocycles. The van der Waals surface area contributed by atoms with E-state index in [-0.39, 0.29) is 5.56 Å². The Hall–Kier alpha value is -1.30. The van der Waals surface area contributed by atoms with Crippen molar-refractivity contribution in [3.05, 3.63) is 29.6 Å². The molecule has 0 aliphatic heterocycles. The lowest BCUT2D eigenvalue weighted by Gasteiger charge is -2.17. The number of hydrogen-bond acceptors (Lipinski definition) is 2. The van der Waals surface area contributed by atoms with Gasteiger partial charge in [0, 0.05) is 14.1 Å². The summed E-state index contributed by atoms with van der Waals surface area (Å²) in [5.74, 6) is -0.554. The maximum Gasteiger partial charge on any atom is 0.403 e. The minimum absolute atomic E-state index is 0.234. The Balaban J connectivity index is 2.85. The van der Waals surface area contributed by atoms with Gasteiger partial charge in [-0.05, 0) is 24.1 Å². The molecule has 1 aromatic rings. The Kier molecular flexibility index (Phi) is 3.98. The standard InChI is InChI=1S/C11H14F4N2/c1-17(2)9-4-3-7(5-8(9)12)6-10(16)11(13,14)15/h3-5,10H,6,16H2,1-2H3. The first-order chi connectivity index (χ1) is 7.71. The molecule has 0 aliphatic rings. The van der Waals surface area contributed by atoms with Gasteiger partial charge in [0.1, 0.15) is 11.9 Å². The van der Waals surface area contributed by atoms with Gasteiger partial charge in [0.15, 0.2) is 0 Å². The van der Waals surface area contributed by atoms with Crippen molar-refractivity contribution in [3.63, 3.8) is 0 Å². The van der Waals surface area contributed by atoms with Gasteiger partial charge in [-0.25, -0.2) is 4.39 Å². The lowest BCUT2D eigenvalue weighted by Crippen LogP contribution is -2.39. The van der Waals surface area contributed by atoms with Crippen molar-refractivity contribution in [3.8, 4) is 0 Å². The smallest absolute Gasteiger partial charge is 0.375 e. The van der Waals surface area contributed by atoms with Crippen LogP contribution in [0.4, 0.5) is 23.2 Å². The molecule has 2 nitrogen and oxygen atoms in total. The van der Waals surface area contributed by atoms with Gasteiger partial charge in [-0.1, -0.05) is 6.07 Å². The molecule has 0 aliphatic carbocycles. The molecule has 96 valence electrons. The van der Waals surface area contributed by atoms with Gasteiger partial charge in [-0.15, -0.1) is 0 Å². The fourth-order valence-electron chi connectivity index (χ4n) is 1.41. The number of rotatable bonds is 3. The second kappa shape index (κ2) is 4.91. The van der Waals surface area contributed by atoms with Crippen LogP contribution in [-0.2, 0) is 6.42 Å². The SMILES string of the molecule is CN(C)c1ccc(CC(N)C(F)(F)F)cc1F. The van der Waals surface area contributed by atoms with E-state index in [0.717, 1.165) is 6.07 Å². The van der Waals surface area contributed by atoms with E-state index >= 15 is 0 Å². The Bertz CT molecular complexity index is 388. The van der Waals surface area contributed by atoms with Crippen LogP contribution in [0.1, 0.15) is 5.56 Å². The van der Waals surface area contributed by atoms with E-state index in [2.05, 4.69) is 0 Å². The molecule has 2 N–H and O–H groups in total. The average Bonchev–Trinajstić information content (AvgIpc) is 2.15. The van der Waals surface area contributed by atoms with E-state index in [1.54, 1.807) is 19.0 Å². The molecule has 1 aromatic carbocycles. The second-order valence-electron chi connectivity index (χ2n) is 4.03. The van der Waals surface area contributed by atoms with Crippen molar-refractivity contribution < 1.29 is 17.6 Å². The minimum atomic E-state index is -4.46. The maximum absolute atomic E-state index is 13.5. The molecule has 1 rings (SSSR count). The van der Waals surface area contributed by atoms with Gasteiger partial charge >= 0.3 is 6.18 Å². The Labute approximate surface area is 97.0 Å². The van der Waals surface area contributed by atoms with Crippen LogP contribution in [-0.4, -0.2) is 26.3 Å². The summed E-state index contributed by atoms with van der Waals surface area (Å²) in [4.78, 5) is 1.54. The Morgan fingerprint density at radius 1 is 1.29 bits per heavy atom. The third kappa shape index (κ3) is 3.59. The van der Waals surface area contributed by atoms with E-state index in [9.17, 15) is 17.6 Å². The quantitative estimate of drug-likeness (QED) is 0.834. The molecule has 0 saturated heterocycles. The molecule has 1 atom stereocenters. The van der Waals surface area contributed by atoms with Crippen molar-refractivity contribution in [1.29, 1.82) is 0 Å². The average molecular weight is 250 g/mol. The van der Waals surface area contributed by atoms with E-state index in [1.165, 1.54) is 12.1 Å². The molecule has 0 aromatic heterocycles. The van der Waals surface area contributed by atoms with Crippen LogP contribution >= 0.6 is 0 Å². The molecule has 0 saturated carbocycles. The van der Waals surface area contributed by atoms with Crippen molar-refractivity contribution in [1.82, 2.24) is 0 Å². The predicted octanol–water partition coefficient (Wildman–Crippen LogP) is 2.32. The van der Waals surface area contributed by atoms with Gasteiger partial charge in [0.2, 0.25) is 0 Å². The molecule has 0 bridgehead atoms. The number of anilines is 1. The van der Waals surface area contributed by atoms with Crippen molar-refractivity contribution >= 4 is 5.69 Å². The summed E-state index contributed by atoms with van der Waals surface area (Å²) in [7, 11) is 3.30. The van der Waals surface area contributed by atoms with Gasteiger partial charge in [0.25, 0.3) is 0 Å². The van der Waals surface area contributed by atoms with Crippen LogP contribution in [0.15, 0.2) is 18.2 Å². The lowest BCUT2D eigenvalue weighted by atomic mass is 10.1. The third-order valence-electron chi connectivity index (χ3n) is 2.37. The van der Waals surface area contributed by atoms with Crippen LogP contribution in [0, 0.1) is 5.82 Å². The van der Waals surface area contributed by atoms with Crippen LogP contribution in [0.5, 0.6) is 0 Å². The first kappa shape index (κ1) is 13.8. The van der Waals surface area contributed by atoms with Gasteiger partial charge in [-0.2, -0.15) is 13.2 Å². The summed E-state index contributed by atoms with van der Waals surface area (Å²) in [6.07, 6.45) is -4.88. The fraction of sp³-hybridized carbons (Fsp3) is 0.455. The van der Waals surface area contributed by atoms with Crippen LogP contribution in [0.3, 0.4) is 0 Å². The minimum Gasteiger partial charge on any atom is -0.375 e. The molecule has 0 radical (unpaired) electrons. The van der Waals surface area contributed by atoms with Crippen LogP contribution < -0.4 is 10.6 Å². The fourth-order valence-corrected chi connectivity index (χ4v) is 1.41. The van der Waals surface area contributed by atoms with E-state index < -0.39 is 24.5 Å². The normalized spacial score (nSPS) is 13.6. The molecule has 6 heteroatoms. The molecule has 0 spiro atoms. The van der Waals surface area contributed by atoms with Crippen molar-refractivity contribution in [2.75, 3.05) is 19.0 Å². The topological polar surface area (TPSA) is 29.3 Å². The molecule has 0 fully saturated rings. The highest BCUT2D eigenvalue weighted by Gasteiger charge is 2.36. The number of nitrogens with zero attached hydrogens (tertiary/aromatic N) is 1. The summed E-state index contributed by atoms with van der Waals surface area (Å²) in [5.41, 5.74) is 5.54. The van der Waals surface area contributed by atoms with Crippen LogP contribution in [0.2, 0.25) is 0 Å². The zero-order valence-corrected chi connectivity index (χ0v) is 9.55. The number of benzene rings is 1. The maximum atomic E-state index is 13.5. The highest BCUT2D eigenvalue weighted by molar-refractivity contribution is 5.47. The lowest BCUT2D eigenvalue weighted by molar-refractivity contribution is -0.147. The summed E-state index contributed by atoms with van der Waals surface area (Å²) < 4.78 is 50.1. The van der Waals surface area contributed by atoms with Crippen molar-refractivity contribution in [2.45, 2.75) is 18.6 Å². The Morgan fingerprint density at radius 3 is 2.29 bits per heavy atom. The van der Waals surface area contributed by atoms with E-state index in [0.29, 0.717) is 5.69 Å². The summed E-state index contributed by atoms with van der Waals surface area (Å²) in [6.45, 7) is 0. The molecule has 0 amide bonds. The van der Waals surface area contributed by atoms with Gasteiger partial charge in [-0.3, -0.25) is 0 Å². The zero-order chi connectivity index (χ0) is 13.2. The summed E-state index contributed by atoms with van der Waals surface area (Å²) in [6, 6.07) is 2.01. The van der Waals surface area contributed by atoms with Crippen LogP contribution in [0.25, 0.3) is 0 Å². The highest BCUT2D eigenvalue weighted by atomic mass is 19.4. The third-order valence-corrected chi connectivity index (χ3v) is 2.37.